The Labute approximate surface area is 176 Å². The van der Waals surface area contributed by atoms with Gasteiger partial charge in [0.2, 0.25) is 5.91 Å². The van der Waals surface area contributed by atoms with E-state index in [-0.39, 0.29) is 30.3 Å². The quantitative estimate of drug-likeness (QED) is 0.522. The Morgan fingerprint density at radius 2 is 1.83 bits per heavy atom. The first-order chi connectivity index (χ1) is 14.3. The molecule has 3 rings (SSSR count). The molecule has 0 unspecified atom stereocenters. The number of nitrogens with zero attached hydrogens (tertiary/aromatic N) is 1. The molecular formula is C21H25N3O5S. The Kier molecular flexibility index (Phi) is 6.94. The molecule has 2 aromatic carbocycles. The molecule has 0 atom stereocenters. The minimum Gasteiger partial charge on any atom is -0.506 e. The molecule has 0 saturated carbocycles. The van der Waals surface area contributed by atoms with Crippen LogP contribution in [-0.2, 0) is 32.6 Å². The van der Waals surface area contributed by atoms with Gasteiger partial charge in [-0.05, 0) is 48.9 Å². The van der Waals surface area contributed by atoms with Crippen LogP contribution < -0.4 is 14.3 Å². The second kappa shape index (κ2) is 9.62. The first-order valence-corrected chi connectivity index (χ1v) is 11.2. The van der Waals surface area contributed by atoms with Crippen molar-refractivity contribution in [2.75, 3.05) is 17.4 Å². The highest BCUT2D eigenvalue weighted by molar-refractivity contribution is 7.92. The summed E-state index contributed by atoms with van der Waals surface area (Å²) in [5.74, 6) is -0.983. The van der Waals surface area contributed by atoms with E-state index in [1.807, 2.05) is 22.9 Å². The second-order valence-electron chi connectivity index (χ2n) is 7.15. The molecule has 0 spiro atoms. The van der Waals surface area contributed by atoms with Crippen molar-refractivity contribution in [3.8, 4) is 5.75 Å². The van der Waals surface area contributed by atoms with Gasteiger partial charge in [0.05, 0.1) is 5.69 Å². The lowest BCUT2D eigenvalue weighted by Crippen LogP contribution is -2.29. The SMILES string of the molecule is O=C(CCc1ccc(N2CC(=O)NS2(=O)=O)c(O)c1)NCCCCc1ccccc1. The van der Waals surface area contributed by atoms with Crippen molar-refractivity contribution >= 4 is 27.7 Å². The van der Waals surface area contributed by atoms with Gasteiger partial charge in [0.25, 0.3) is 5.91 Å². The summed E-state index contributed by atoms with van der Waals surface area (Å²) in [7, 11) is -3.97. The van der Waals surface area contributed by atoms with Crippen LogP contribution in [0.4, 0.5) is 5.69 Å². The number of hydrogen-bond acceptors (Lipinski definition) is 5. The van der Waals surface area contributed by atoms with Gasteiger partial charge in [-0.1, -0.05) is 36.4 Å². The molecule has 1 aliphatic rings. The van der Waals surface area contributed by atoms with E-state index >= 15 is 0 Å². The van der Waals surface area contributed by atoms with Crippen molar-refractivity contribution in [2.45, 2.75) is 32.1 Å². The summed E-state index contributed by atoms with van der Waals surface area (Å²) in [6, 6.07) is 14.7. The molecule has 2 amide bonds. The highest BCUT2D eigenvalue weighted by Crippen LogP contribution is 2.31. The lowest BCUT2D eigenvalue weighted by atomic mass is 10.1. The molecule has 9 heteroatoms. The van der Waals surface area contributed by atoms with Crippen LogP contribution in [0.15, 0.2) is 48.5 Å². The smallest absolute Gasteiger partial charge is 0.326 e. The van der Waals surface area contributed by atoms with Crippen molar-refractivity contribution in [3.05, 3.63) is 59.7 Å². The van der Waals surface area contributed by atoms with Gasteiger partial charge < -0.3 is 10.4 Å². The fourth-order valence-electron chi connectivity index (χ4n) is 3.27. The number of benzene rings is 2. The monoisotopic (exact) mass is 431 g/mol. The summed E-state index contributed by atoms with van der Waals surface area (Å²) < 4.78 is 26.4. The molecule has 160 valence electrons. The van der Waals surface area contributed by atoms with E-state index < -0.39 is 16.1 Å². The normalized spacial score (nSPS) is 15.1. The molecular weight excluding hydrogens is 406 g/mol. The van der Waals surface area contributed by atoms with Gasteiger partial charge in [0, 0.05) is 13.0 Å². The number of phenols is 1. The second-order valence-corrected chi connectivity index (χ2v) is 8.75. The molecule has 0 aliphatic carbocycles. The van der Waals surface area contributed by atoms with E-state index in [0.29, 0.717) is 18.5 Å². The van der Waals surface area contributed by atoms with E-state index in [4.69, 9.17) is 0 Å². The molecule has 30 heavy (non-hydrogen) atoms. The largest absolute Gasteiger partial charge is 0.506 e. The van der Waals surface area contributed by atoms with Gasteiger partial charge >= 0.3 is 10.2 Å². The number of nitrogens with one attached hydrogen (secondary N) is 2. The van der Waals surface area contributed by atoms with Gasteiger partial charge in [-0.2, -0.15) is 8.42 Å². The molecule has 1 aliphatic heterocycles. The topological polar surface area (TPSA) is 116 Å². The number of phenolic OH excluding ortho intramolecular Hbond substituents is 1. The van der Waals surface area contributed by atoms with Crippen molar-refractivity contribution in [1.82, 2.24) is 10.0 Å². The predicted molar refractivity (Wildman–Crippen MR) is 113 cm³/mol. The molecule has 2 aromatic rings. The molecule has 0 radical (unpaired) electrons. The first kappa shape index (κ1) is 21.6. The van der Waals surface area contributed by atoms with Crippen LogP contribution in [0, 0.1) is 0 Å². The van der Waals surface area contributed by atoms with Crippen LogP contribution in [0.2, 0.25) is 0 Å². The summed E-state index contributed by atoms with van der Waals surface area (Å²) in [5, 5.41) is 13.1. The maximum absolute atomic E-state index is 12.0. The maximum Gasteiger partial charge on any atom is 0.326 e. The fraction of sp³-hybridized carbons (Fsp3) is 0.333. The van der Waals surface area contributed by atoms with E-state index in [0.717, 1.165) is 23.6 Å². The molecule has 8 nitrogen and oxygen atoms in total. The zero-order chi connectivity index (χ0) is 21.6. The van der Waals surface area contributed by atoms with Gasteiger partial charge in [-0.15, -0.1) is 0 Å². The summed E-state index contributed by atoms with van der Waals surface area (Å²) in [6.07, 6.45) is 3.55. The third-order valence-corrected chi connectivity index (χ3v) is 6.22. The van der Waals surface area contributed by atoms with E-state index in [1.165, 1.54) is 17.7 Å². The van der Waals surface area contributed by atoms with E-state index in [2.05, 4.69) is 17.4 Å². The Morgan fingerprint density at radius 3 is 2.50 bits per heavy atom. The molecule has 1 saturated heterocycles. The zero-order valence-electron chi connectivity index (χ0n) is 16.5. The molecule has 1 fully saturated rings. The predicted octanol–water partition coefficient (Wildman–Crippen LogP) is 1.64. The summed E-state index contributed by atoms with van der Waals surface area (Å²) in [6.45, 7) is 0.242. The highest BCUT2D eigenvalue weighted by Gasteiger charge is 2.35. The third kappa shape index (κ3) is 5.73. The number of anilines is 1. The summed E-state index contributed by atoms with van der Waals surface area (Å²) in [5.41, 5.74) is 2.01. The van der Waals surface area contributed by atoms with Crippen molar-refractivity contribution in [1.29, 1.82) is 0 Å². The molecule has 1 heterocycles. The number of rotatable bonds is 9. The third-order valence-electron chi connectivity index (χ3n) is 4.83. The van der Waals surface area contributed by atoms with Gasteiger partial charge in [0.1, 0.15) is 12.3 Å². The van der Waals surface area contributed by atoms with Crippen LogP contribution in [0.25, 0.3) is 0 Å². The van der Waals surface area contributed by atoms with Crippen LogP contribution in [-0.4, -0.2) is 38.4 Å². The average molecular weight is 432 g/mol. The average Bonchev–Trinajstić information content (AvgIpc) is 2.98. The number of unbranched alkanes of at least 4 members (excludes halogenated alkanes) is 1. The molecule has 0 bridgehead atoms. The Balaban J connectivity index is 1.41. The minimum absolute atomic E-state index is 0.0277. The lowest BCUT2D eigenvalue weighted by Gasteiger charge is -2.16. The maximum atomic E-state index is 12.0. The van der Waals surface area contributed by atoms with Crippen LogP contribution in [0.3, 0.4) is 0 Å². The number of carbonyl (C=O) groups excluding carboxylic acids is 2. The van der Waals surface area contributed by atoms with Crippen molar-refractivity contribution < 1.29 is 23.1 Å². The number of hydrogen-bond donors (Lipinski definition) is 3. The summed E-state index contributed by atoms with van der Waals surface area (Å²) in [4.78, 5) is 23.4. The lowest BCUT2D eigenvalue weighted by molar-refractivity contribution is -0.121. The summed E-state index contributed by atoms with van der Waals surface area (Å²) >= 11 is 0. The number of aryl methyl sites for hydroxylation is 2. The minimum atomic E-state index is -3.97. The van der Waals surface area contributed by atoms with Gasteiger partial charge in [-0.3, -0.25) is 9.59 Å². The number of aromatic hydroxyl groups is 1. The highest BCUT2D eigenvalue weighted by atomic mass is 32.2. The Hall–Kier alpha value is -3.07. The molecule has 3 N–H and O–H groups in total. The van der Waals surface area contributed by atoms with Crippen LogP contribution >= 0.6 is 0 Å². The van der Waals surface area contributed by atoms with Crippen molar-refractivity contribution in [3.63, 3.8) is 0 Å². The van der Waals surface area contributed by atoms with Gasteiger partial charge in [0.15, 0.2) is 0 Å². The molecule has 0 aromatic heterocycles. The fourth-order valence-corrected chi connectivity index (χ4v) is 4.43. The van der Waals surface area contributed by atoms with Crippen LogP contribution in [0.5, 0.6) is 5.75 Å². The standard InChI is InChI=1S/C21H25N3O5S/c25-19-14-17(9-11-18(19)24-15-21(27)23-30(24,28)29)10-12-20(26)22-13-5-4-8-16-6-2-1-3-7-16/h1-3,6-7,9,11,14,25H,4-5,8,10,12-13,15H2,(H,22,26)(H,23,27). The van der Waals surface area contributed by atoms with E-state index in [9.17, 15) is 23.1 Å². The van der Waals surface area contributed by atoms with Gasteiger partial charge in [-0.25, -0.2) is 9.03 Å². The Bertz CT molecular complexity index is 1010. The number of carbonyl (C=O) groups is 2. The van der Waals surface area contributed by atoms with Crippen molar-refractivity contribution in [2.24, 2.45) is 0 Å². The first-order valence-electron chi connectivity index (χ1n) is 9.81. The Morgan fingerprint density at radius 1 is 1.07 bits per heavy atom. The zero-order valence-corrected chi connectivity index (χ0v) is 17.3. The van der Waals surface area contributed by atoms with Crippen LogP contribution in [0.1, 0.15) is 30.4 Å². The number of amides is 2. The van der Waals surface area contributed by atoms with E-state index in [1.54, 1.807) is 6.07 Å².